The predicted molar refractivity (Wildman–Crippen MR) is 80.7 cm³/mol. The van der Waals surface area contributed by atoms with Gasteiger partial charge >= 0.3 is 5.97 Å². The highest BCUT2D eigenvalue weighted by atomic mass is 16.5. The van der Waals surface area contributed by atoms with E-state index in [2.05, 4.69) is 13.8 Å². The van der Waals surface area contributed by atoms with Gasteiger partial charge in [-0.1, -0.05) is 34.6 Å². The lowest BCUT2D eigenvalue weighted by atomic mass is 9.89. The first-order valence-electron chi connectivity index (χ1n) is 7.59. The van der Waals surface area contributed by atoms with E-state index in [1.807, 2.05) is 20.8 Å². The average molecular weight is 288 g/mol. The van der Waals surface area contributed by atoms with Crippen molar-refractivity contribution in [3.05, 3.63) is 0 Å². The van der Waals surface area contributed by atoms with Crippen molar-refractivity contribution in [1.82, 2.24) is 0 Å². The standard InChI is InChI=1S/C16H32O4/c1-7-14(17)20-11-15(4,5)10-19-13-16(6,8-2)12-18-9-3/h7-13H2,1-6H3. The van der Waals surface area contributed by atoms with Gasteiger partial charge in [0.25, 0.3) is 0 Å². The van der Waals surface area contributed by atoms with E-state index in [0.717, 1.165) is 13.0 Å². The van der Waals surface area contributed by atoms with Gasteiger partial charge in [0.1, 0.15) is 0 Å². The second kappa shape index (κ2) is 9.35. The van der Waals surface area contributed by atoms with Crippen LogP contribution in [0, 0.1) is 10.8 Å². The van der Waals surface area contributed by atoms with Crippen LogP contribution in [0.25, 0.3) is 0 Å². The molecule has 0 rings (SSSR count). The fourth-order valence-corrected chi connectivity index (χ4v) is 1.59. The van der Waals surface area contributed by atoms with Crippen molar-refractivity contribution in [2.75, 3.05) is 33.0 Å². The lowest BCUT2D eigenvalue weighted by molar-refractivity contribution is -0.148. The van der Waals surface area contributed by atoms with Crippen LogP contribution >= 0.6 is 0 Å². The van der Waals surface area contributed by atoms with E-state index >= 15 is 0 Å². The lowest BCUT2D eigenvalue weighted by Gasteiger charge is -2.30. The second-order valence-electron chi connectivity index (χ2n) is 6.47. The summed E-state index contributed by atoms with van der Waals surface area (Å²) in [6, 6.07) is 0. The first-order chi connectivity index (χ1) is 9.28. The molecule has 0 saturated heterocycles. The summed E-state index contributed by atoms with van der Waals surface area (Å²) in [6.45, 7) is 15.3. The molecule has 0 spiro atoms. The molecule has 1 atom stereocenters. The molecule has 120 valence electrons. The Kier molecular flexibility index (Phi) is 9.06. The van der Waals surface area contributed by atoms with E-state index in [0.29, 0.717) is 32.8 Å². The predicted octanol–water partition coefficient (Wildman–Crippen LogP) is 3.44. The maximum absolute atomic E-state index is 11.2. The highest BCUT2D eigenvalue weighted by molar-refractivity contribution is 5.68. The number of rotatable bonds is 11. The topological polar surface area (TPSA) is 44.8 Å². The molecule has 4 nitrogen and oxygen atoms in total. The number of esters is 1. The number of carbonyl (C=O) groups is 1. The van der Waals surface area contributed by atoms with Crippen LogP contribution in [0.1, 0.15) is 54.4 Å². The van der Waals surface area contributed by atoms with Crippen molar-refractivity contribution in [2.24, 2.45) is 10.8 Å². The summed E-state index contributed by atoms with van der Waals surface area (Å²) in [5.74, 6) is -0.159. The molecule has 0 N–H and O–H groups in total. The number of hydrogen-bond donors (Lipinski definition) is 0. The summed E-state index contributed by atoms with van der Waals surface area (Å²) >= 11 is 0. The summed E-state index contributed by atoms with van der Waals surface area (Å²) in [6.07, 6.45) is 1.43. The molecule has 0 amide bonds. The molecule has 0 fully saturated rings. The third-order valence-electron chi connectivity index (χ3n) is 3.36. The maximum Gasteiger partial charge on any atom is 0.305 e. The minimum atomic E-state index is -0.162. The SMILES string of the molecule is CCOCC(C)(CC)COCC(C)(C)COC(=O)CC. The first kappa shape index (κ1) is 19.4. The largest absolute Gasteiger partial charge is 0.465 e. The van der Waals surface area contributed by atoms with E-state index in [1.54, 1.807) is 6.92 Å². The quantitative estimate of drug-likeness (QED) is 0.546. The summed E-state index contributed by atoms with van der Waals surface area (Å²) < 4.78 is 16.5. The van der Waals surface area contributed by atoms with Gasteiger partial charge in [0, 0.05) is 23.9 Å². The monoisotopic (exact) mass is 288 g/mol. The van der Waals surface area contributed by atoms with Gasteiger partial charge in [0.05, 0.1) is 26.4 Å². The summed E-state index contributed by atoms with van der Waals surface area (Å²) in [4.78, 5) is 11.2. The third-order valence-corrected chi connectivity index (χ3v) is 3.36. The Labute approximate surface area is 124 Å². The highest BCUT2D eigenvalue weighted by Crippen LogP contribution is 2.24. The van der Waals surface area contributed by atoms with Crippen molar-refractivity contribution < 1.29 is 19.0 Å². The molecule has 4 heteroatoms. The molecule has 20 heavy (non-hydrogen) atoms. The molecule has 0 aromatic carbocycles. The van der Waals surface area contributed by atoms with Crippen molar-refractivity contribution in [1.29, 1.82) is 0 Å². The van der Waals surface area contributed by atoms with E-state index in [-0.39, 0.29) is 16.8 Å². The van der Waals surface area contributed by atoms with Crippen LogP contribution in [0.3, 0.4) is 0 Å². The van der Waals surface area contributed by atoms with Crippen molar-refractivity contribution in [2.45, 2.75) is 54.4 Å². The molecule has 0 aliphatic rings. The Balaban J connectivity index is 4.08. The van der Waals surface area contributed by atoms with Gasteiger partial charge in [-0.15, -0.1) is 0 Å². The van der Waals surface area contributed by atoms with E-state index in [1.165, 1.54) is 0 Å². The zero-order valence-corrected chi connectivity index (χ0v) is 14.1. The van der Waals surface area contributed by atoms with Crippen LogP contribution < -0.4 is 0 Å². The van der Waals surface area contributed by atoms with Crippen LogP contribution in [-0.2, 0) is 19.0 Å². The van der Waals surface area contributed by atoms with Crippen molar-refractivity contribution in [3.8, 4) is 0 Å². The second-order valence-corrected chi connectivity index (χ2v) is 6.47. The van der Waals surface area contributed by atoms with Gasteiger partial charge in [0.2, 0.25) is 0 Å². The van der Waals surface area contributed by atoms with Gasteiger partial charge in [-0.3, -0.25) is 4.79 Å². The normalized spacial score (nSPS) is 14.9. The van der Waals surface area contributed by atoms with Gasteiger partial charge in [-0.25, -0.2) is 0 Å². The Morgan fingerprint density at radius 2 is 1.50 bits per heavy atom. The Hall–Kier alpha value is -0.610. The number of ether oxygens (including phenoxy) is 3. The number of carbonyl (C=O) groups excluding carboxylic acids is 1. The van der Waals surface area contributed by atoms with Gasteiger partial charge in [-0.2, -0.15) is 0 Å². The molecule has 0 bridgehead atoms. The van der Waals surface area contributed by atoms with Gasteiger partial charge in [-0.05, 0) is 13.3 Å². The van der Waals surface area contributed by atoms with E-state index in [4.69, 9.17) is 14.2 Å². The molecule has 0 aromatic heterocycles. The summed E-state index contributed by atoms with van der Waals surface area (Å²) in [7, 11) is 0. The Bertz CT molecular complexity index is 276. The minimum Gasteiger partial charge on any atom is -0.465 e. The molecular formula is C16H32O4. The highest BCUT2D eigenvalue weighted by Gasteiger charge is 2.26. The molecule has 0 radical (unpaired) electrons. The van der Waals surface area contributed by atoms with Gasteiger partial charge in [0.15, 0.2) is 0 Å². The first-order valence-corrected chi connectivity index (χ1v) is 7.59. The number of hydrogen-bond acceptors (Lipinski definition) is 4. The van der Waals surface area contributed by atoms with Crippen LogP contribution in [0.15, 0.2) is 0 Å². The third kappa shape index (κ3) is 8.54. The van der Waals surface area contributed by atoms with Crippen LogP contribution in [0.4, 0.5) is 0 Å². The fraction of sp³-hybridized carbons (Fsp3) is 0.938. The zero-order valence-electron chi connectivity index (χ0n) is 14.1. The summed E-state index contributed by atoms with van der Waals surface area (Å²) in [5, 5.41) is 0. The molecule has 0 aliphatic heterocycles. The molecule has 0 aliphatic carbocycles. The van der Waals surface area contributed by atoms with Crippen molar-refractivity contribution >= 4 is 5.97 Å². The summed E-state index contributed by atoms with van der Waals surface area (Å²) in [5.41, 5.74) is -0.114. The molecule has 1 unspecified atom stereocenters. The van der Waals surface area contributed by atoms with Crippen molar-refractivity contribution in [3.63, 3.8) is 0 Å². The Morgan fingerprint density at radius 3 is 2.00 bits per heavy atom. The molecule has 0 heterocycles. The zero-order chi connectivity index (χ0) is 15.6. The smallest absolute Gasteiger partial charge is 0.305 e. The Morgan fingerprint density at radius 1 is 0.900 bits per heavy atom. The van der Waals surface area contributed by atoms with Crippen LogP contribution in [0.5, 0.6) is 0 Å². The maximum atomic E-state index is 11.2. The molecule has 0 aromatic rings. The fourth-order valence-electron chi connectivity index (χ4n) is 1.59. The molecular weight excluding hydrogens is 256 g/mol. The van der Waals surface area contributed by atoms with Gasteiger partial charge < -0.3 is 14.2 Å². The molecule has 0 saturated carbocycles. The van der Waals surface area contributed by atoms with E-state index in [9.17, 15) is 4.79 Å². The van der Waals surface area contributed by atoms with Crippen LogP contribution in [-0.4, -0.2) is 39.0 Å². The van der Waals surface area contributed by atoms with Crippen LogP contribution in [0.2, 0.25) is 0 Å². The minimum absolute atomic E-state index is 0.0478. The average Bonchev–Trinajstić information content (AvgIpc) is 2.42. The van der Waals surface area contributed by atoms with E-state index < -0.39 is 0 Å². The lowest BCUT2D eigenvalue weighted by Crippen LogP contribution is -2.33.